The van der Waals surface area contributed by atoms with Crippen LogP contribution in [-0.4, -0.2) is 24.0 Å². The predicted molar refractivity (Wildman–Crippen MR) is 55.8 cm³/mol. The Morgan fingerprint density at radius 1 is 1.27 bits per heavy atom. The zero-order valence-corrected chi connectivity index (χ0v) is 8.49. The van der Waals surface area contributed by atoms with E-state index in [0.29, 0.717) is 12.0 Å². The van der Waals surface area contributed by atoms with Gasteiger partial charge in [0.15, 0.2) is 0 Å². The number of carboxylic acids is 1. The van der Waals surface area contributed by atoms with Crippen LogP contribution in [0, 0.1) is 0 Å². The molecule has 0 atom stereocenters. The van der Waals surface area contributed by atoms with Crippen molar-refractivity contribution < 1.29 is 14.7 Å². The van der Waals surface area contributed by atoms with Gasteiger partial charge in [0.05, 0.1) is 0 Å². The summed E-state index contributed by atoms with van der Waals surface area (Å²) >= 11 is 0. The van der Waals surface area contributed by atoms with Crippen molar-refractivity contribution in [2.24, 2.45) is 0 Å². The highest BCUT2D eigenvalue weighted by atomic mass is 16.4. The van der Waals surface area contributed by atoms with E-state index in [9.17, 15) is 9.59 Å². The molecule has 0 unspecified atom stereocenters. The molecule has 0 aliphatic rings. The van der Waals surface area contributed by atoms with Crippen LogP contribution in [0.2, 0.25) is 0 Å². The van der Waals surface area contributed by atoms with E-state index in [4.69, 9.17) is 5.11 Å². The Kier molecular flexibility index (Phi) is 3.85. The third-order valence-corrected chi connectivity index (χ3v) is 2.07. The monoisotopic (exact) mass is 207 g/mol. The Labute approximate surface area is 87.9 Å². The van der Waals surface area contributed by atoms with Crippen LogP contribution in [0.1, 0.15) is 22.3 Å². The molecule has 1 amide bonds. The van der Waals surface area contributed by atoms with Gasteiger partial charge in [-0.3, -0.25) is 9.59 Å². The molecule has 0 aliphatic carbocycles. The number of aryl methyl sites for hydroxylation is 1. The molecule has 0 spiro atoms. The maximum atomic E-state index is 11.2. The predicted octanol–water partition coefficient (Wildman–Crippen LogP) is 1.06. The first kappa shape index (κ1) is 11.2. The highest BCUT2D eigenvalue weighted by molar-refractivity contribution is 5.93. The van der Waals surface area contributed by atoms with Crippen molar-refractivity contribution in [3.63, 3.8) is 0 Å². The van der Waals surface area contributed by atoms with Crippen molar-refractivity contribution in [2.75, 3.05) is 7.05 Å². The molecular weight excluding hydrogens is 194 g/mol. The minimum Gasteiger partial charge on any atom is -0.481 e. The largest absolute Gasteiger partial charge is 0.481 e. The third kappa shape index (κ3) is 3.42. The SMILES string of the molecule is CNC(=O)c1ccc(CCC(=O)O)cc1. The average Bonchev–Trinajstić information content (AvgIpc) is 2.26. The van der Waals surface area contributed by atoms with Crippen LogP contribution in [0.15, 0.2) is 24.3 Å². The lowest BCUT2D eigenvalue weighted by Gasteiger charge is -2.01. The minimum atomic E-state index is -0.814. The molecule has 4 nitrogen and oxygen atoms in total. The van der Waals surface area contributed by atoms with Crippen molar-refractivity contribution in [1.29, 1.82) is 0 Å². The standard InChI is InChI=1S/C11H13NO3/c1-12-11(15)9-5-2-8(3-6-9)4-7-10(13)14/h2-3,5-6H,4,7H2,1H3,(H,12,15)(H,13,14). The Bertz CT molecular complexity index is 357. The molecule has 0 bridgehead atoms. The second-order valence-electron chi connectivity index (χ2n) is 3.17. The lowest BCUT2D eigenvalue weighted by Crippen LogP contribution is -2.17. The van der Waals surface area contributed by atoms with Crippen molar-refractivity contribution in [1.82, 2.24) is 5.32 Å². The number of hydrogen-bond acceptors (Lipinski definition) is 2. The first-order valence-electron chi connectivity index (χ1n) is 4.66. The molecule has 0 heterocycles. The number of nitrogens with one attached hydrogen (secondary N) is 1. The fourth-order valence-electron chi connectivity index (χ4n) is 1.22. The van der Waals surface area contributed by atoms with E-state index in [2.05, 4.69) is 5.32 Å². The number of carboxylic acid groups (broad SMARTS) is 1. The van der Waals surface area contributed by atoms with Gasteiger partial charge in [0.2, 0.25) is 0 Å². The fraction of sp³-hybridized carbons (Fsp3) is 0.273. The van der Waals surface area contributed by atoms with Crippen molar-refractivity contribution >= 4 is 11.9 Å². The average molecular weight is 207 g/mol. The van der Waals surface area contributed by atoms with Crippen molar-refractivity contribution in [2.45, 2.75) is 12.8 Å². The molecule has 4 heteroatoms. The van der Waals surface area contributed by atoms with Crippen LogP contribution >= 0.6 is 0 Å². The minimum absolute atomic E-state index is 0.110. The molecule has 0 aliphatic heterocycles. The van der Waals surface area contributed by atoms with E-state index in [0.717, 1.165) is 5.56 Å². The van der Waals surface area contributed by atoms with Gasteiger partial charge in [0, 0.05) is 19.0 Å². The second-order valence-corrected chi connectivity index (χ2v) is 3.17. The van der Waals surface area contributed by atoms with Crippen molar-refractivity contribution in [3.8, 4) is 0 Å². The van der Waals surface area contributed by atoms with Crippen LogP contribution < -0.4 is 5.32 Å². The fourth-order valence-corrected chi connectivity index (χ4v) is 1.22. The quantitative estimate of drug-likeness (QED) is 0.775. The Morgan fingerprint density at radius 3 is 2.33 bits per heavy atom. The lowest BCUT2D eigenvalue weighted by atomic mass is 10.1. The molecule has 1 rings (SSSR count). The van der Waals surface area contributed by atoms with E-state index in [1.165, 1.54) is 0 Å². The first-order chi connectivity index (χ1) is 7.13. The molecule has 80 valence electrons. The molecule has 15 heavy (non-hydrogen) atoms. The van der Waals surface area contributed by atoms with E-state index in [-0.39, 0.29) is 12.3 Å². The van der Waals surface area contributed by atoms with Crippen LogP contribution in [0.5, 0.6) is 0 Å². The zero-order valence-electron chi connectivity index (χ0n) is 8.49. The summed E-state index contributed by atoms with van der Waals surface area (Å²) in [5, 5.41) is 11.0. The number of amides is 1. The summed E-state index contributed by atoms with van der Waals surface area (Å²) in [6, 6.07) is 6.92. The van der Waals surface area contributed by atoms with E-state index in [1.54, 1.807) is 31.3 Å². The van der Waals surface area contributed by atoms with E-state index < -0.39 is 5.97 Å². The van der Waals surface area contributed by atoms with Crippen LogP contribution in [0.25, 0.3) is 0 Å². The summed E-state index contributed by atoms with van der Waals surface area (Å²) in [7, 11) is 1.57. The maximum absolute atomic E-state index is 11.2. The van der Waals surface area contributed by atoms with Gasteiger partial charge < -0.3 is 10.4 Å². The van der Waals surface area contributed by atoms with E-state index >= 15 is 0 Å². The molecule has 1 aromatic carbocycles. The molecular formula is C11H13NO3. The van der Waals surface area contributed by atoms with Gasteiger partial charge in [0.1, 0.15) is 0 Å². The smallest absolute Gasteiger partial charge is 0.303 e. The number of aliphatic carboxylic acids is 1. The van der Waals surface area contributed by atoms with Gasteiger partial charge in [-0.05, 0) is 24.1 Å². The van der Waals surface area contributed by atoms with Crippen LogP contribution in [0.3, 0.4) is 0 Å². The first-order valence-corrected chi connectivity index (χ1v) is 4.66. The Morgan fingerprint density at radius 2 is 1.87 bits per heavy atom. The normalized spacial score (nSPS) is 9.67. The van der Waals surface area contributed by atoms with Crippen LogP contribution in [0.4, 0.5) is 0 Å². The molecule has 0 fully saturated rings. The van der Waals surface area contributed by atoms with Gasteiger partial charge in [-0.1, -0.05) is 12.1 Å². The molecule has 0 saturated carbocycles. The molecule has 0 aromatic heterocycles. The maximum Gasteiger partial charge on any atom is 0.303 e. The van der Waals surface area contributed by atoms with Gasteiger partial charge in [0.25, 0.3) is 5.91 Å². The topological polar surface area (TPSA) is 66.4 Å². The molecule has 0 radical (unpaired) electrons. The lowest BCUT2D eigenvalue weighted by molar-refractivity contribution is -0.136. The summed E-state index contributed by atoms with van der Waals surface area (Å²) in [5.74, 6) is -0.954. The van der Waals surface area contributed by atoms with Crippen LogP contribution in [-0.2, 0) is 11.2 Å². The summed E-state index contributed by atoms with van der Waals surface area (Å²) < 4.78 is 0. The van der Waals surface area contributed by atoms with Gasteiger partial charge in [-0.25, -0.2) is 0 Å². The van der Waals surface area contributed by atoms with Gasteiger partial charge >= 0.3 is 5.97 Å². The van der Waals surface area contributed by atoms with E-state index in [1.807, 2.05) is 0 Å². The molecule has 0 saturated heterocycles. The number of carbonyl (C=O) groups is 2. The summed E-state index contributed by atoms with van der Waals surface area (Å²) in [5.41, 5.74) is 1.50. The molecule has 2 N–H and O–H groups in total. The number of carbonyl (C=O) groups excluding carboxylic acids is 1. The number of benzene rings is 1. The highest BCUT2D eigenvalue weighted by Gasteiger charge is 2.03. The third-order valence-electron chi connectivity index (χ3n) is 2.07. The number of hydrogen-bond donors (Lipinski definition) is 2. The summed E-state index contributed by atoms with van der Waals surface area (Å²) in [6.45, 7) is 0. The second kappa shape index (κ2) is 5.14. The Hall–Kier alpha value is -1.84. The van der Waals surface area contributed by atoms with Gasteiger partial charge in [-0.2, -0.15) is 0 Å². The highest BCUT2D eigenvalue weighted by Crippen LogP contribution is 2.06. The van der Waals surface area contributed by atoms with Crippen molar-refractivity contribution in [3.05, 3.63) is 35.4 Å². The summed E-state index contributed by atoms with van der Waals surface area (Å²) in [6.07, 6.45) is 0.600. The summed E-state index contributed by atoms with van der Waals surface area (Å²) in [4.78, 5) is 21.5. The van der Waals surface area contributed by atoms with Gasteiger partial charge in [-0.15, -0.1) is 0 Å². The molecule has 1 aromatic rings. The zero-order chi connectivity index (χ0) is 11.3. The Balaban J connectivity index is 2.64. The number of rotatable bonds is 4.